The monoisotopic (exact) mass is 687 g/mol. The Morgan fingerprint density at radius 3 is 1.82 bits per heavy atom. The van der Waals surface area contributed by atoms with Crippen molar-refractivity contribution in [3.8, 4) is 45.3 Å². The number of nitrogens with zero attached hydrogens (tertiary/aromatic N) is 3. The molecule has 0 bridgehead atoms. The van der Waals surface area contributed by atoms with Crippen LogP contribution in [0.25, 0.3) is 108 Å². The second-order valence-electron chi connectivity index (χ2n) is 12.8. The first-order valence-electron chi connectivity index (χ1n) is 16.8. The number of furan rings is 1. The molecule has 0 atom stereocenters. The van der Waals surface area contributed by atoms with Gasteiger partial charge < -0.3 is 4.42 Å². The molecule has 0 amide bonds. The van der Waals surface area contributed by atoms with Crippen molar-refractivity contribution in [2.45, 2.75) is 0 Å². The molecule has 11 aromatic rings. The molecule has 0 N–H and O–H groups in total. The van der Waals surface area contributed by atoms with Crippen LogP contribution in [0.4, 0.5) is 0 Å². The molecule has 7 aromatic carbocycles. The number of thiophene rings is 2. The van der Waals surface area contributed by atoms with Gasteiger partial charge in [0.05, 0.1) is 0 Å². The maximum absolute atomic E-state index is 6.73. The fourth-order valence-electron chi connectivity index (χ4n) is 7.32. The molecule has 0 unspecified atom stereocenters. The van der Waals surface area contributed by atoms with E-state index in [0.29, 0.717) is 17.5 Å². The molecule has 51 heavy (non-hydrogen) atoms. The van der Waals surface area contributed by atoms with Crippen LogP contribution in [0.5, 0.6) is 0 Å². The average molecular weight is 688 g/mol. The topological polar surface area (TPSA) is 51.8 Å². The average Bonchev–Trinajstić information content (AvgIpc) is 3.88. The largest absolute Gasteiger partial charge is 0.455 e. The van der Waals surface area contributed by atoms with Gasteiger partial charge in [-0.25, -0.2) is 15.0 Å². The summed E-state index contributed by atoms with van der Waals surface area (Å²) in [7, 11) is 0. The highest BCUT2D eigenvalue weighted by Crippen LogP contribution is 2.42. The van der Waals surface area contributed by atoms with Gasteiger partial charge in [-0.3, -0.25) is 0 Å². The molecule has 0 aliphatic heterocycles. The Bertz CT molecular complexity index is 3160. The van der Waals surface area contributed by atoms with Gasteiger partial charge in [-0.1, -0.05) is 115 Å². The Kier molecular flexibility index (Phi) is 6.26. The molecular weight excluding hydrogens is 663 g/mol. The lowest BCUT2D eigenvalue weighted by atomic mass is 10.0. The minimum Gasteiger partial charge on any atom is -0.455 e. The lowest BCUT2D eigenvalue weighted by Gasteiger charge is -2.09. The van der Waals surface area contributed by atoms with Gasteiger partial charge in [0, 0.05) is 73.4 Å². The summed E-state index contributed by atoms with van der Waals surface area (Å²) in [6, 6.07) is 53.1. The third-order valence-electron chi connectivity index (χ3n) is 9.76. The zero-order valence-corrected chi connectivity index (χ0v) is 28.6. The first-order valence-corrected chi connectivity index (χ1v) is 18.5. The number of benzene rings is 7. The van der Waals surface area contributed by atoms with Gasteiger partial charge in [-0.2, -0.15) is 0 Å². The maximum Gasteiger partial charge on any atom is 0.165 e. The van der Waals surface area contributed by atoms with Crippen molar-refractivity contribution in [2.24, 2.45) is 0 Å². The van der Waals surface area contributed by atoms with Gasteiger partial charge in [0.25, 0.3) is 0 Å². The molecular formula is C45H25N3OS2. The molecule has 0 spiro atoms. The number of hydrogen-bond acceptors (Lipinski definition) is 6. The highest BCUT2D eigenvalue weighted by molar-refractivity contribution is 7.26. The predicted octanol–water partition coefficient (Wildman–Crippen LogP) is 13.2. The molecule has 0 aliphatic carbocycles. The zero-order valence-electron chi connectivity index (χ0n) is 27.0. The van der Waals surface area contributed by atoms with Gasteiger partial charge >= 0.3 is 0 Å². The maximum atomic E-state index is 6.73. The summed E-state index contributed by atoms with van der Waals surface area (Å²) in [6.07, 6.45) is 0. The van der Waals surface area contributed by atoms with Crippen molar-refractivity contribution in [1.82, 2.24) is 15.0 Å². The molecule has 0 fully saturated rings. The third kappa shape index (κ3) is 4.54. The fourth-order valence-corrected chi connectivity index (χ4v) is 9.68. The van der Waals surface area contributed by atoms with Crippen molar-refractivity contribution in [3.63, 3.8) is 0 Å². The molecule has 238 valence electrons. The van der Waals surface area contributed by atoms with Gasteiger partial charge in [0.2, 0.25) is 0 Å². The summed E-state index contributed by atoms with van der Waals surface area (Å²) in [6.45, 7) is 0. The smallest absolute Gasteiger partial charge is 0.165 e. The Morgan fingerprint density at radius 1 is 0.373 bits per heavy atom. The summed E-state index contributed by atoms with van der Waals surface area (Å²) in [5, 5.41) is 7.19. The Morgan fingerprint density at radius 2 is 0.980 bits per heavy atom. The van der Waals surface area contributed by atoms with E-state index in [4.69, 9.17) is 19.4 Å². The van der Waals surface area contributed by atoms with Crippen molar-refractivity contribution < 1.29 is 4.42 Å². The summed E-state index contributed by atoms with van der Waals surface area (Å²) in [5.41, 5.74) is 6.71. The van der Waals surface area contributed by atoms with Crippen LogP contribution in [0.1, 0.15) is 0 Å². The van der Waals surface area contributed by atoms with Crippen LogP contribution in [0.2, 0.25) is 0 Å². The Labute approximate surface area is 299 Å². The SMILES string of the molecule is c1ccc(-c2nc(-c3ccc4c(c3)oc3c(-c5ccc6c(c5)sc5ccccc56)cccc34)nc(-c3cccc4c3sc3ccccc34)n2)cc1. The second-order valence-corrected chi connectivity index (χ2v) is 14.9. The number of para-hydroxylation sites is 1. The van der Waals surface area contributed by atoms with Crippen LogP contribution >= 0.6 is 22.7 Å². The van der Waals surface area contributed by atoms with E-state index >= 15 is 0 Å². The molecule has 4 nitrogen and oxygen atoms in total. The Hall–Kier alpha value is -6.21. The summed E-state index contributed by atoms with van der Waals surface area (Å²) in [5.74, 6) is 1.90. The Balaban J connectivity index is 1.08. The quantitative estimate of drug-likeness (QED) is 0.185. The summed E-state index contributed by atoms with van der Waals surface area (Å²) in [4.78, 5) is 15.2. The van der Waals surface area contributed by atoms with E-state index < -0.39 is 0 Å². The van der Waals surface area contributed by atoms with Crippen LogP contribution in [0, 0.1) is 0 Å². The minimum absolute atomic E-state index is 0.606. The highest BCUT2D eigenvalue weighted by atomic mass is 32.1. The number of hydrogen-bond donors (Lipinski definition) is 0. The van der Waals surface area contributed by atoms with Gasteiger partial charge in [0.15, 0.2) is 17.5 Å². The molecule has 4 aromatic heterocycles. The van der Waals surface area contributed by atoms with Crippen LogP contribution < -0.4 is 0 Å². The number of rotatable bonds is 4. The molecule has 0 saturated heterocycles. The van der Waals surface area contributed by atoms with Crippen LogP contribution in [0.3, 0.4) is 0 Å². The number of fused-ring (bicyclic) bond motifs is 9. The van der Waals surface area contributed by atoms with Crippen LogP contribution in [-0.2, 0) is 0 Å². The third-order valence-corrected chi connectivity index (χ3v) is 12.1. The normalized spacial score (nSPS) is 11.9. The second kappa shape index (κ2) is 11.2. The van der Waals surface area contributed by atoms with E-state index in [-0.39, 0.29) is 0 Å². The van der Waals surface area contributed by atoms with Gasteiger partial charge in [0.1, 0.15) is 11.2 Å². The lowest BCUT2D eigenvalue weighted by Crippen LogP contribution is -2.00. The molecule has 11 rings (SSSR count). The molecule has 4 heterocycles. The molecule has 6 heteroatoms. The number of aromatic nitrogens is 3. The van der Waals surface area contributed by atoms with Crippen molar-refractivity contribution >= 4 is 85.0 Å². The van der Waals surface area contributed by atoms with E-state index in [9.17, 15) is 0 Å². The summed E-state index contributed by atoms with van der Waals surface area (Å²) >= 11 is 3.61. The van der Waals surface area contributed by atoms with Crippen LogP contribution in [0.15, 0.2) is 156 Å². The van der Waals surface area contributed by atoms with Crippen molar-refractivity contribution in [2.75, 3.05) is 0 Å². The van der Waals surface area contributed by atoms with E-state index in [1.165, 1.54) is 40.3 Å². The molecule has 0 saturated carbocycles. The van der Waals surface area contributed by atoms with Crippen molar-refractivity contribution in [1.29, 1.82) is 0 Å². The zero-order chi connectivity index (χ0) is 33.5. The van der Waals surface area contributed by atoms with E-state index in [0.717, 1.165) is 49.8 Å². The minimum atomic E-state index is 0.606. The van der Waals surface area contributed by atoms with Crippen LogP contribution in [-0.4, -0.2) is 15.0 Å². The first kappa shape index (κ1) is 28.6. The first-order chi connectivity index (χ1) is 25.2. The fraction of sp³-hybridized carbons (Fsp3) is 0. The lowest BCUT2D eigenvalue weighted by molar-refractivity contribution is 0.670. The van der Waals surface area contributed by atoms with Gasteiger partial charge in [-0.15, -0.1) is 22.7 Å². The van der Waals surface area contributed by atoms with E-state index in [2.05, 4.69) is 121 Å². The predicted molar refractivity (Wildman–Crippen MR) is 215 cm³/mol. The van der Waals surface area contributed by atoms with Gasteiger partial charge in [-0.05, 0) is 42.0 Å². The van der Waals surface area contributed by atoms with Crippen molar-refractivity contribution in [3.05, 3.63) is 152 Å². The standard InChI is InChI=1S/C45H25N3OS2/c1-2-10-26(11-3-1)43-46-44(48-45(47-43)36-17-9-16-35-32-13-5-7-19-39(32)51-42(35)36)28-21-22-30-34-15-8-14-29(41(34)49-37(30)24-28)27-20-23-33-31-12-4-6-18-38(31)50-40(33)25-27/h1-25H. The molecule has 0 radical (unpaired) electrons. The summed E-state index contributed by atoms with van der Waals surface area (Å²) < 4.78 is 11.7. The van der Waals surface area contributed by atoms with E-state index in [1.54, 1.807) is 11.3 Å². The molecule has 0 aliphatic rings. The highest BCUT2D eigenvalue weighted by Gasteiger charge is 2.19. The van der Waals surface area contributed by atoms with E-state index in [1.807, 2.05) is 41.7 Å².